The third-order valence-electron chi connectivity index (χ3n) is 2.14. The topological polar surface area (TPSA) is 35.5 Å². The average molecular weight is 238 g/mol. The molecule has 0 saturated heterocycles. The first-order chi connectivity index (χ1) is 8.19. The fourth-order valence-corrected chi connectivity index (χ4v) is 1.29. The summed E-state index contributed by atoms with van der Waals surface area (Å²) in [6.45, 7) is 2.13. The van der Waals surface area contributed by atoms with Gasteiger partial charge in [0.1, 0.15) is 18.2 Å². The number of methoxy groups -OCH3 is 1. The number of allylic oxidation sites excluding steroid dienone is 1. The summed E-state index contributed by atoms with van der Waals surface area (Å²) in [6, 6.07) is 3.82. The smallest absolute Gasteiger partial charge is 0.192 e. The van der Waals surface area contributed by atoms with Crippen molar-refractivity contribution >= 4 is 5.78 Å². The summed E-state index contributed by atoms with van der Waals surface area (Å²) in [5.74, 6) is -0.417. The first-order valence-corrected chi connectivity index (χ1v) is 5.24. The van der Waals surface area contributed by atoms with Gasteiger partial charge < -0.3 is 9.47 Å². The van der Waals surface area contributed by atoms with Crippen molar-refractivity contribution in [1.82, 2.24) is 0 Å². The van der Waals surface area contributed by atoms with Crippen LogP contribution in [0.3, 0.4) is 0 Å². The molecule has 0 atom stereocenters. The van der Waals surface area contributed by atoms with Gasteiger partial charge >= 0.3 is 0 Å². The summed E-state index contributed by atoms with van der Waals surface area (Å²) < 4.78 is 23.1. The maximum Gasteiger partial charge on any atom is 0.192 e. The van der Waals surface area contributed by atoms with Gasteiger partial charge in [-0.15, -0.1) is 0 Å². The number of halogens is 1. The molecule has 1 aromatic carbocycles. The molecule has 0 aliphatic carbocycles. The van der Waals surface area contributed by atoms with Crippen LogP contribution in [-0.4, -0.2) is 26.1 Å². The molecule has 0 unspecified atom stereocenters. The fraction of sp³-hybridized carbons (Fsp3) is 0.308. The van der Waals surface area contributed by atoms with Crippen molar-refractivity contribution in [3.05, 3.63) is 41.7 Å². The molecule has 0 aliphatic heterocycles. The van der Waals surface area contributed by atoms with Crippen LogP contribution in [0.1, 0.15) is 17.3 Å². The maximum absolute atomic E-state index is 13.0. The molecule has 0 spiro atoms. The zero-order chi connectivity index (χ0) is 12.7. The summed E-state index contributed by atoms with van der Waals surface area (Å²) in [5.41, 5.74) is 0.202. The highest BCUT2D eigenvalue weighted by atomic mass is 19.1. The number of hydrogen-bond acceptors (Lipinski definition) is 3. The molecule has 0 saturated carbocycles. The fourth-order valence-electron chi connectivity index (χ4n) is 1.29. The minimum Gasteiger partial charge on any atom is -0.496 e. The van der Waals surface area contributed by atoms with Crippen LogP contribution in [0.15, 0.2) is 30.4 Å². The summed E-state index contributed by atoms with van der Waals surface area (Å²) in [6.07, 6.45) is 3.61. The van der Waals surface area contributed by atoms with Crippen molar-refractivity contribution in [2.45, 2.75) is 6.92 Å². The van der Waals surface area contributed by atoms with Crippen molar-refractivity contribution in [1.29, 1.82) is 0 Å². The summed E-state index contributed by atoms with van der Waals surface area (Å²) >= 11 is 0. The molecule has 1 rings (SSSR count). The Hall–Kier alpha value is -1.68. The van der Waals surface area contributed by atoms with E-state index in [4.69, 9.17) is 9.47 Å². The zero-order valence-electron chi connectivity index (χ0n) is 9.90. The van der Waals surface area contributed by atoms with Crippen LogP contribution in [0.2, 0.25) is 0 Å². The Bertz CT molecular complexity index is 413. The number of rotatable bonds is 6. The predicted octanol–water partition coefficient (Wildman–Crippen LogP) is 2.61. The quantitative estimate of drug-likeness (QED) is 0.434. The SMILES string of the molecule is CC=CCOCC(=O)c1cc(F)ccc1OC. The molecular weight excluding hydrogens is 223 g/mol. The van der Waals surface area contributed by atoms with E-state index in [0.717, 1.165) is 6.07 Å². The van der Waals surface area contributed by atoms with Gasteiger partial charge in [0.25, 0.3) is 0 Å². The number of carbonyl (C=O) groups is 1. The standard InChI is InChI=1S/C13H15FO3/c1-3-4-7-17-9-12(15)11-8-10(14)5-6-13(11)16-2/h3-6,8H,7,9H2,1-2H3. The van der Waals surface area contributed by atoms with E-state index in [9.17, 15) is 9.18 Å². The van der Waals surface area contributed by atoms with Gasteiger partial charge in [-0.05, 0) is 25.1 Å². The van der Waals surface area contributed by atoms with E-state index in [0.29, 0.717) is 12.4 Å². The highest BCUT2D eigenvalue weighted by Crippen LogP contribution is 2.19. The van der Waals surface area contributed by atoms with Crippen LogP contribution in [0, 0.1) is 5.82 Å². The lowest BCUT2D eigenvalue weighted by Crippen LogP contribution is -2.11. The summed E-state index contributed by atoms with van der Waals surface area (Å²) in [7, 11) is 1.44. The molecular formula is C13H15FO3. The molecule has 92 valence electrons. The van der Waals surface area contributed by atoms with Gasteiger partial charge in [0, 0.05) is 0 Å². The normalized spacial score (nSPS) is 10.8. The van der Waals surface area contributed by atoms with Gasteiger partial charge in [-0.2, -0.15) is 0 Å². The predicted molar refractivity (Wildman–Crippen MR) is 62.9 cm³/mol. The largest absolute Gasteiger partial charge is 0.496 e. The monoisotopic (exact) mass is 238 g/mol. The van der Waals surface area contributed by atoms with Gasteiger partial charge in [0.05, 0.1) is 19.3 Å². The molecule has 0 fully saturated rings. The van der Waals surface area contributed by atoms with E-state index in [-0.39, 0.29) is 18.0 Å². The minimum atomic E-state index is -0.470. The molecule has 0 N–H and O–H groups in total. The van der Waals surface area contributed by atoms with E-state index in [1.54, 1.807) is 6.08 Å². The van der Waals surface area contributed by atoms with Crippen molar-refractivity contribution in [3.8, 4) is 5.75 Å². The van der Waals surface area contributed by atoms with Gasteiger partial charge in [0.2, 0.25) is 0 Å². The van der Waals surface area contributed by atoms with Crippen molar-refractivity contribution in [2.75, 3.05) is 20.3 Å². The number of Topliss-reactive ketones (excluding diaryl/α,β-unsaturated/α-hetero) is 1. The molecule has 0 aromatic heterocycles. The van der Waals surface area contributed by atoms with E-state index >= 15 is 0 Å². The molecule has 3 nitrogen and oxygen atoms in total. The number of hydrogen-bond donors (Lipinski definition) is 0. The minimum absolute atomic E-state index is 0.0931. The molecule has 0 heterocycles. The van der Waals surface area contributed by atoms with Gasteiger partial charge in [-0.25, -0.2) is 4.39 Å². The lowest BCUT2D eigenvalue weighted by Gasteiger charge is -2.07. The molecule has 1 aromatic rings. The van der Waals surface area contributed by atoms with E-state index in [1.807, 2.05) is 13.0 Å². The number of ketones is 1. The van der Waals surface area contributed by atoms with Crippen LogP contribution in [-0.2, 0) is 4.74 Å². The first-order valence-electron chi connectivity index (χ1n) is 5.24. The van der Waals surface area contributed by atoms with Gasteiger partial charge in [-0.3, -0.25) is 4.79 Å². The molecule has 0 aliphatic rings. The van der Waals surface area contributed by atoms with Crippen LogP contribution in [0.4, 0.5) is 4.39 Å². The Kier molecular flexibility index (Phi) is 5.36. The highest BCUT2D eigenvalue weighted by Gasteiger charge is 2.13. The van der Waals surface area contributed by atoms with Crippen molar-refractivity contribution in [2.24, 2.45) is 0 Å². The average Bonchev–Trinajstić information content (AvgIpc) is 2.34. The van der Waals surface area contributed by atoms with Gasteiger partial charge in [-0.1, -0.05) is 12.2 Å². The number of carbonyl (C=O) groups excluding carboxylic acids is 1. The van der Waals surface area contributed by atoms with E-state index in [2.05, 4.69) is 0 Å². The Morgan fingerprint density at radius 2 is 2.24 bits per heavy atom. The van der Waals surface area contributed by atoms with Crippen LogP contribution in [0.25, 0.3) is 0 Å². The van der Waals surface area contributed by atoms with E-state index in [1.165, 1.54) is 19.2 Å². The molecule has 4 heteroatoms. The molecule has 17 heavy (non-hydrogen) atoms. The second-order valence-corrected chi connectivity index (χ2v) is 3.35. The Balaban J connectivity index is 2.70. The zero-order valence-corrected chi connectivity index (χ0v) is 9.90. The second-order valence-electron chi connectivity index (χ2n) is 3.35. The second kappa shape index (κ2) is 6.81. The first kappa shape index (κ1) is 13.4. The number of benzene rings is 1. The number of ether oxygens (including phenoxy) is 2. The third kappa shape index (κ3) is 4.00. The van der Waals surface area contributed by atoms with Crippen molar-refractivity contribution < 1.29 is 18.7 Å². The Morgan fingerprint density at radius 3 is 2.88 bits per heavy atom. The summed E-state index contributed by atoms with van der Waals surface area (Å²) in [4.78, 5) is 11.7. The van der Waals surface area contributed by atoms with Crippen LogP contribution < -0.4 is 4.74 Å². The molecule has 0 radical (unpaired) electrons. The third-order valence-corrected chi connectivity index (χ3v) is 2.14. The van der Waals surface area contributed by atoms with E-state index < -0.39 is 5.82 Å². The van der Waals surface area contributed by atoms with Crippen LogP contribution >= 0.6 is 0 Å². The Labute approximate surface area is 99.9 Å². The summed E-state index contributed by atoms with van der Waals surface area (Å²) in [5, 5.41) is 0. The van der Waals surface area contributed by atoms with Crippen LogP contribution in [0.5, 0.6) is 5.75 Å². The van der Waals surface area contributed by atoms with Gasteiger partial charge in [0.15, 0.2) is 5.78 Å². The Morgan fingerprint density at radius 1 is 1.47 bits per heavy atom. The lowest BCUT2D eigenvalue weighted by molar-refractivity contribution is 0.0802. The maximum atomic E-state index is 13.0. The lowest BCUT2D eigenvalue weighted by atomic mass is 10.1. The molecule has 0 amide bonds. The van der Waals surface area contributed by atoms with Crippen molar-refractivity contribution in [3.63, 3.8) is 0 Å². The molecule has 0 bridgehead atoms. The highest BCUT2D eigenvalue weighted by molar-refractivity contribution is 5.99.